The van der Waals surface area contributed by atoms with Gasteiger partial charge in [-0.2, -0.15) is 0 Å². The van der Waals surface area contributed by atoms with Crippen LogP contribution in [0.1, 0.15) is 23.0 Å². The second-order valence-corrected chi connectivity index (χ2v) is 6.80. The van der Waals surface area contributed by atoms with Crippen molar-refractivity contribution in [2.75, 3.05) is 31.8 Å². The van der Waals surface area contributed by atoms with Crippen LogP contribution in [-0.2, 0) is 10.3 Å². The fourth-order valence-corrected chi connectivity index (χ4v) is 2.91. The summed E-state index contributed by atoms with van der Waals surface area (Å²) in [5.74, 6) is -5.43. The van der Waals surface area contributed by atoms with Crippen LogP contribution in [0.25, 0.3) is 0 Å². The van der Waals surface area contributed by atoms with Gasteiger partial charge in [0.2, 0.25) is 5.88 Å². The second kappa shape index (κ2) is 8.84. The number of hydrogen-bond acceptors (Lipinski definition) is 7. The third kappa shape index (κ3) is 4.74. The van der Waals surface area contributed by atoms with Gasteiger partial charge in [-0.25, -0.2) is 27.5 Å². The summed E-state index contributed by atoms with van der Waals surface area (Å²) in [6, 6.07) is 3.18. The first kappa shape index (κ1) is 22.4. The number of aliphatic imine (C=N–C) groups is 1. The maximum Gasteiger partial charge on any atom is 0.299 e. The van der Waals surface area contributed by atoms with Crippen LogP contribution in [0, 0.1) is 5.82 Å². The first-order valence-corrected chi connectivity index (χ1v) is 9.08. The third-order valence-electron chi connectivity index (χ3n) is 4.55. The number of carbonyl (C=O) groups is 1. The highest BCUT2D eigenvalue weighted by Crippen LogP contribution is 2.44. The molecule has 1 aromatic carbocycles. The topological polar surface area (TPSA) is 112 Å². The summed E-state index contributed by atoms with van der Waals surface area (Å²) in [5.41, 5.74) is 2.69. The summed E-state index contributed by atoms with van der Waals surface area (Å²) in [4.78, 5) is 23.9. The number of alkyl halides is 3. The lowest BCUT2D eigenvalue weighted by molar-refractivity contribution is -0.116. The lowest BCUT2D eigenvalue weighted by Gasteiger charge is -2.33. The highest BCUT2D eigenvalue weighted by Gasteiger charge is 2.54. The van der Waals surface area contributed by atoms with Gasteiger partial charge < -0.3 is 20.5 Å². The van der Waals surface area contributed by atoms with Crippen LogP contribution >= 0.6 is 0 Å². The van der Waals surface area contributed by atoms with Gasteiger partial charge in [0, 0.05) is 11.3 Å². The molecule has 3 rings (SSSR count). The van der Waals surface area contributed by atoms with E-state index in [1.165, 1.54) is 6.07 Å². The number of benzene rings is 1. The number of ether oxygens (including phenoxy) is 2. The Hall–Kier alpha value is -3.28. The van der Waals surface area contributed by atoms with Crippen molar-refractivity contribution in [3.63, 3.8) is 0 Å². The summed E-state index contributed by atoms with van der Waals surface area (Å²) in [7, 11) is 0. The monoisotopic (exact) mass is 441 g/mol. The second-order valence-electron chi connectivity index (χ2n) is 6.80. The molecule has 1 aliphatic rings. The zero-order valence-electron chi connectivity index (χ0n) is 16.4. The number of nitrogens with zero attached hydrogens (tertiary/aromatic N) is 3. The van der Waals surface area contributed by atoms with E-state index in [-0.39, 0.29) is 36.3 Å². The van der Waals surface area contributed by atoms with Crippen molar-refractivity contribution in [2.45, 2.75) is 18.4 Å². The van der Waals surface area contributed by atoms with Gasteiger partial charge in [-0.15, -0.1) is 0 Å². The van der Waals surface area contributed by atoms with Crippen LogP contribution in [-0.4, -0.2) is 54.1 Å². The fraction of sp³-hybridized carbons (Fsp3) is 0.368. The molecule has 0 bridgehead atoms. The molecule has 8 nitrogen and oxygen atoms in total. The predicted molar refractivity (Wildman–Crippen MR) is 103 cm³/mol. The Labute approximate surface area is 174 Å². The summed E-state index contributed by atoms with van der Waals surface area (Å²) >= 11 is 0. The molecule has 166 valence electrons. The fourth-order valence-electron chi connectivity index (χ4n) is 2.91. The summed E-state index contributed by atoms with van der Waals surface area (Å²) in [6.07, 6.45) is 2.22. The van der Waals surface area contributed by atoms with Crippen molar-refractivity contribution < 1.29 is 31.8 Å². The number of aromatic nitrogens is 2. The normalized spacial score (nSPS) is 20.5. The average Bonchev–Trinajstić information content (AvgIpc) is 2.83. The minimum atomic E-state index is -3.57. The molecule has 0 radical (unpaired) electrons. The quantitative estimate of drug-likeness (QED) is 0.666. The van der Waals surface area contributed by atoms with Crippen molar-refractivity contribution in [2.24, 2.45) is 10.7 Å². The van der Waals surface area contributed by atoms with Crippen molar-refractivity contribution in [1.29, 1.82) is 0 Å². The molecule has 0 saturated heterocycles. The summed E-state index contributed by atoms with van der Waals surface area (Å²) in [5, 5.41) is 2.43. The molecular weight excluding hydrogens is 422 g/mol. The van der Waals surface area contributed by atoms with Gasteiger partial charge in [0.05, 0.1) is 12.4 Å². The van der Waals surface area contributed by atoms with E-state index in [9.17, 15) is 22.4 Å². The Kier molecular flexibility index (Phi) is 6.39. The molecule has 1 atom stereocenters. The Balaban J connectivity index is 1.87. The highest BCUT2D eigenvalue weighted by molar-refractivity contribution is 6.02. The Morgan fingerprint density at radius 1 is 1.32 bits per heavy atom. The highest BCUT2D eigenvalue weighted by atomic mass is 19.3. The number of anilines is 1. The van der Waals surface area contributed by atoms with Crippen LogP contribution in [0.15, 0.2) is 35.6 Å². The Bertz CT molecular complexity index is 987. The Morgan fingerprint density at radius 3 is 2.77 bits per heavy atom. The minimum Gasteiger partial charge on any atom is -0.474 e. The number of hydrogen-bond donors (Lipinski definition) is 2. The number of nitrogens with two attached hydrogens (primary N) is 1. The molecule has 1 aromatic heterocycles. The number of rotatable bonds is 6. The molecule has 31 heavy (non-hydrogen) atoms. The molecule has 1 aliphatic heterocycles. The van der Waals surface area contributed by atoms with E-state index in [4.69, 9.17) is 15.2 Å². The van der Waals surface area contributed by atoms with E-state index in [0.717, 1.165) is 31.5 Å². The molecule has 2 heterocycles. The SMILES string of the molecule is CC1(c2cc(NC(=O)c3cnc(OCCF)cn3)ccc2F)N=C(N)COCC1(F)F. The zero-order valence-corrected chi connectivity index (χ0v) is 16.4. The standard InChI is InChI=1S/C19H19F4N5O3/c1-18(19(22,23)10-30-9-15(24)28-18)12-6-11(2-3-13(12)21)27-17(29)14-7-26-16(8-25-14)31-5-4-20/h2-3,6-8H,4-5,9-10H2,1H3,(H2,24,28)(H,27,29). The van der Waals surface area contributed by atoms with Crippen molar-refractivity contribution in [3.05, 3.63) is 47.7 Å². The van der Waals surface area contributed by atoms with E-state index in [1.54, 1.807) is 0 Å². The first-order chi connectivity index (χ1) is 14.7. The molecule has 2 aromatic rings. The number of amides is 1. The van der Waals surface area contributed by atoms with E-state index >= 15 is 0 Å². The third-order valence-corrected chi connectivity index (χ3v) is 4.55. The predicted octanol–water partition coefficient (Wildman–Crippen LogP) is 2.45. The van der Waals surface area contributed by atoms with Gasteiger partial charge in [0.25, 0.3) is 11.8 Å². The molecule has 1 amide bonds. The lowest BCUT2D eigenvalue weighted by Crippen LogP contribution is -2.45. The van der Waals surface area contributed by atoms with Gasteiger partial charge in [-0.3, -0.25) is 9.79 Å². The van der Waals surface area contributed by atoms with E-state index in [2.05, 4.69) is 20.3 Å². The number of carbonyl (C=O) groups excluding carboxylic acids is 1. The maximum absolute atomic E-state index is 14.7. The van der Waals surface area contributed by atoms with Crippen LogP contribution in [0.5, 0.6) is 5.88 Å². The van der Waals surface area contributed by atoms with Gasteiger partial charge in [0.15, 0.2) is 5.54 Å². The van der Waals surface area contributed by atoms with E-state index in [0.29, 0.717) is 0 Å². The van der Waals surface area contributed by atoms with Crippen molar-refractivity contribution >= 4 is 17.4 Å². The molecule has 0 fully saturated rings. The average molecular weight is 441 g/mol. The van der Waals surface area contributed by atoms with Crippen LogP contribution in [0.3, 0.4) is 0 Å². The molecule has 0 aliphatic carbocycles. The number of amidine groups is 1. The number of nitrogens with one attached hydrogen (secondary N) is 1. The van der Waals surface area contributed by atoms with E-state index < -0.39 is 42.0 Å². The van der Waals surface area contributed by atoms with Gasteiger partial charge in [0.1, 0.15) is 43.8 Å². The minimum absolute atomic E-state index is 0.0249. The molecular formula is C19H19F4N5O3. The molecule has 12 heteroatoms. The van der Waals surface area contributed by atoms with Gasteiger partial charge >= 0.3 is 0 Å². The number of halogens is 4. The van der Waals surface area contributed by atoms with Crippen LogP contribution < -0.4 is 15.8 Å². The van der Waals surface area contributed by atoms with Crippen molar-refractivity contribution in [3.8, 4) is 5.88 Å². The van der Waals surface area contributed by atoms with Crippen LogP contribution in [0.4, 0.5) is 23.2 Å². The lowest BCUT2D eigenvalue weighted by atomic mass is 9.85. The Morgan fingerprint density at radius 2 is 2.10 bits per heavy atom. The maximum atomic E-state index is 14.7. The molecule has 0 spiro atoms. The molecule has 1 unspecified atom stereocenters. The zero-order chi connectivity index (χ0) is 22.6. The molecule has 0 saturated carbocycles. The van der Waals surface area contributed by atoms with Crippen molar-refractivity contribution in [1.82, 2.24) is 9.97 Å². The molecule has 3 N–H and O–H groups in total. The van der Waals surface area contributed by atoms with Crippen LogP contribution in [0.2, 0.25) is 0 Å². The summed E-state index contributed by atoms with van der Waals surface area (Å²) in [6.45, 7) is -1.19. The first-order valence-electron chi connectivity index (χ1n) is 9.08. The van der Waals surface area contributed by atoms with Gasteiger partial charge in [-0.1, -0.05) is 0 Å². The smallest absolute Gasteiger partial charge is 0.299 e. The van der Waals surface area contributed by atoms with Gasteiger partial charge in [-0.05, 0) is 25.1 Å². The van der Waals surface area contributed by atoms with E-state index in [1.807, 2.05) is 0 Å². The summed E-state index contributed by atoms with van der Waals surface area (Å²) < 4.78 is 65.9. The largest absolute Gasteiger partial charge is 0.474 e.